The van der Waals surface area contributed by atoms with Crippen LogP contribution in [0.15, 0.2) is 38.6 Å². The molecule has 0 saturated carbocycles. The van der Waals surface area contributed by atoms with E-state index in [2.05, 4.69) is 9.43 Å². The van der Waals surface area contributed by atoms with E-state index in [-0.39, 0.29) is 10.6 Å². The number of nitrogens with two attached hydrogens (primary N) is 1. The zero-order valence-electron chi connectivity index (χ0n) is 10.3. The van der Waals surface area contributed by atoms with Crippen molar-refractivity contribution < 1.29 is 13.0 Å². The van der Waals surface area contributed by atoms with Crippen molar-refractivity contribution in [2.45, 2.75) is 16.7 Å². The molecule has 2 aromatic rings. The third kappa shape index (κ3) is 2.81. The molecule has 9 heteroatoms. The van der Waals surface area contributed by atoms with Crippen molar-refractivity contribution in [3.05, 3.63) is 40.3 Å². The van der Waals surface area contributed by atoms with Crippen molar-refractivity contribution in [1.82, 2.24) is 0 Å². The predicted octanol–water partition coefficient (Wildman–Crippen LogP) is 3.29. The van der Waals surface area contributed by atoms with Crippen LogP contribution < -0.4 is 5.73 Å². The quantitative estimate of drug-likeness (QED) is 0.224. The summed E-state index contributed by atoms with van der Waals surface area (Å²) in [5.74, 6) is 0. The minimum Gasteiger partial charge on any atom is -0.398 e. The van der Waals surface area contributed by atoms with E-state index in [0.29, 0.717) is 15.7 Å². The maximum Gasteiger partial charge on any atom is 0.294 e. The van der Waals surface area contributed by atoms with Gasteiger partial charge in [-0.1, -0.05) is 0 Å². The summed E-state index contributed by atoms with van der Waals surface area (Å²) in [6, 6.07) is 5.96. The molecule has 0 heterocycles. The van der Waals surface area contributed by atoms with Crippen LogP contribution in [-0.4, -0.2) is 13.0 Å². The Labute approximate surface area is 119 Å². The van der Waals surface area contributed by atoms with Crippen molar-refractivity contribution in [2.24, 2.45) is 4.52 Å². The molecule has 0 radical (unpaired) electrons. The van der Waals surface area contributed by atoms with E-state index in [0.717, 1.165) is 17.5 Å². The van der Waals surface area contributed by atoms with Gasteiger partial charge in [0.1, 0.15) is 0 Å². The molecular weight excluding hydrogens is 300 g/mol. The number of aryl methyl sites for hydroxylation is 1. The van der Waals surface area contributed by atoms with Crippen molar-refractivity contribution >= 4 is 38.5 Å². The van der Waals surface area contributed by atoms with E-state index in [1.54, 1.807) is 12.1 Å². The lowest BCUT2D eigenvalue weighted by Gasteiger charge is -2.09. The first kappa shape index (κ1) is 14.5. The van der Waals surface area contributed by atoms with Gasteiger partial charge >= 0.3 is 0 Å². The van der Waals surface area contributed by atoms with Crippen molar-refractivity contribution in [2.75, 3.05) is 5.73 Å². The number of hydrogen-bond donors (Lipinski definition) is 2. The highest BCUT2D eigenvalue weighted by Gasteiger charge is 2.13. The number of hydrogen-bond acceptors (Lipinski definition) is 5. The van der Waals surface area contributed by atoms with Crippen LogP contribution in [0.5, 0.6) is 0 Å². The first-order chi connectivity index (χ1) is 9.32. The standard InChI is InChI=1S/C11H10N4O3S2/c1-6-2-9-7(4-11(6)19-15-14-13)3-8(5-10(9)12)20(16,17)18/h2-5H,12H2,1H3,(H,16,17,18). The predicted molar refractivity (Wildman–Crippen MR) is 77.9 cm³/mol. The number of anilines is 1. The van der Waals surface area contributed by atoms with Gasteiger partial charge in [0.25, 0.3) is 10.1 Å². The van der Waals surface area contributed by atoms with Crippen molar-refractivity contribution in [3.8, 4) is 0 Å². The fourth-order valence-corrected chi connectivity index (χ4v) is 2.87. The van der Waals surface area contributed by atoms with Crippen LogP contribution in [-0.2, 0) is 10.1 Å². The van der Waals surface area contributed by atoms with Crippen LogP contribution >= 0.6 is 11.9 Å². The van der Waals surface area contributed by atoms with Gasteiger partial charge in [-0.15, -0.1) is 0 Å². The lowest BCUT2D eigenvalue weighted by molar-refractivity contribution is 0.483. The second kappa shape index (κ2) is 5.22. The first-order valence-corrected chi connectivity index (χ1v) is 7.57. The Bertz CT molecular complexity index is 842. The molecule has 0 aromatic heterocycles. The van der Waals surface area contributed by atoms with Crippen LogP contribution in [0.2, 0.25) is 0 Å². The Balaban J connectivity index is 2.74. The molecule has 0 aliphatic heterocycles. The Morgan fingerprint density at radius 3 is 2.65 bits per heavy atom. The minimum atomic E-state index is -4.33. The second-order valence-electron chi connectivity index (χ2n) is 4.09. The molecule has 2 rings (SSSR count). The molecule has 0 fully saturated rings. The maximum absolute atomic E-state index is 11.2. The number of azide groups is 1. The summed E-state index contributed by atoms with van der Waals surface area (Å²) in [7, 11) is -4.33. The molecule has 0 bridgehead atoms. The van der Waals surface area contributed by atoms with Crippen LogP contribution in [0.1, 0.15) is 5.56 Å². The number of fused-ring (bicyclic) bond motifs is 1. The highest BCUT2D eigenvalue weighted by atomic mass is 32.2. The van der Waals surface area contributed by atoms with Gasteiger partial charge in [-0.3, -0.25) is 4.55 Å². The number of nitrogen functional groups attached to an aromatic ring is 1. The molecule has 0 aliphatic rings. The highest BCUT2D eigenvalue weighted by Crippen LogP contribution is 2.32. The summed E-state index contributed by atoms with van der Waals surface area (Å²) in [5.41, 5.74) is 15.2. The number of nitrogens with zero attached hydrogens (tertiary/aromatic N) is 3. The molecule has 0 unspecified atom stereocenters. The molecule has 104 valence electrons. The average Bonchev–Trinajstić information content (AvgIpc) is 2.36. The molecule has 0 atom stereocenters. The normalized spacial score (nSPS) is 11.3. The fourth-order valence-electron chi connectivity index (χ4n) is 1.81. The largest absolute Gasteiger partial charge is 0.398 e. The molecule has 0 aliphatic carbocycles. The lowest BCUT2D eigenvalue weighted by Crippen LogP contribution is -2.00. The summed E-state index contributed by atoms with van der Waals surface area (Å²) in [5, 5.41) is 1.21. The van der Waals surface area contributed by atoms with Crippen LogP contribution in [0.25, 0.3) is 21.2 Å². The van der Waals surface area contributed by atoms with E-state index >= 15 is 0 Å². The zero-order valence-corrected chi connectivity index (χ0v) is 11.9. The summed E-state index contributed by atoms with van der Waals surface area (Å²) < 4.78 is 34.8. The zero-order chi connectivity index (χ0) is 14.9. The Morgan fingerprint density at radius 2 is 2.05 bits per heavy atom. The summed E-state index contributed by atoms with van der Waals surface area (Å²) >= 11 is 0.937. The van der Waals surface area contributed by atoms with E-state index in [1.807, 2.05) is 6.92 Å². The molecule has 7 nitrogen and oxygen atoms in total. The number of rotatable bonds is 3. The third-order valence-corrected chi connectivity index (χ3v) is 4.35. The Morgan fingerprint density at radius 1 is 1.35 bits per heavy atom. The molecule has 0 spiro atoms. The van der Waals surface area contributed by atoms with E-state index in [9.17, 15) is 8.42 Å². The molecule has 3 N–H and O–H groups in total. The SMILES string of the molecule is Cc1cc2c(N)cc(S(=O)(=O)O)cc2cc1SN=[N+]=[N-]. The van der Waals surface area contributed by atoms with Gasteiger partial charge in [-0.2, -0.15) is 8.42 Å². The van der Waals surface area contributed by atoms with Crippen LogP contribution in [0.4, 0.5) is 5.69 Å². The fraction of sp³-hybridized carbons (Fsp3) is 0.0909. The smallest absolute Gasteiger partial charge is 0.294 e. The lowest BCUT2D eigenvalue weighted by atomic mass is 10.1. The summed E-state index contributed by atoms with van der Waals surface area (Å²) in [6.45, 7) is 1.82. The molecular formula is C11H10N4O3S2. The van der Waals surface area contributed by atoms with E-state index in [1.165, 1.54) is 12.1 Å². The van der Waals surface area contributed by atoms with Gasteiger partial charge in [0.2, 0.25) is 0 Å². The molecule has 0 saturated heterocycles. The van der Waals surface area contributed by atoms with Gasteiger partial charge in [0.05, 0.1) is 4.90 Å². The molecule has 2 aromatic carbocycles. The Kier molecular flexibility index (Phi) is 3.78. The third-order valence-electron chi connectivity index (χ3n) is 2.73. The van der Waals surface area contributed by atoms with Gasteiger partial charge < -0.3 is 5.73 Å². The van der Waals surface area contributed by atoms with E-state index < -0.39 is 10.1 Å². The topological polar surface area (TPSA) is 129 Å². The molecule has 0 amide bonds. The number of benzene rings is 2. The van der Waals surface area contributed by atoms with Crippen LogP contribution in [0.3, 0.4) is 0 Å². The minimum absolute atomic E-state index is 0.249. The van der Waals surface area contributed by atoms with Gasteiger partial charge in [0, 0.05) is 20.9 Å². The first-order valence-electron chi connectivity index (χ1n) is 5.35. The maximum atomic E-state index is 11.2. The van der Waals surface area contributed by atoms with Gasteiger partial charge in [-0.25, -0.2) is 0 Å². The van der Waals surface area contributed by atoms with Gasteiger partial charge in [-0.05, 0) is 64.1 Å². The Hall–Kier alpha value is -1.93. The van der Waals surface area contributed by atoms with E-state index in [4.69, 9.17) is 15.8 Å². The van der Waals surface area contributed by atoms with Crippen molar-refractivity contribution in [1.29, 1.82) is 0 Å². The summed E-state index contributed by atoms with van der Waals surface area (Å²) in [4.78, 5) is 3.06. The second-order valence-corrected chi connectivity index (χ2v) is 6.30. The average molecular weight is 310 g/mol. The summed E-state index contributed by atoms with van der Waals surface area (Å²) in [6.07, 6.45) is 0. The molecule has 20 heavy (non-hydrogen) atoms. The monoisotopic (exact) mass is 310 g/mol. The van der Waals surface area contributed by atoms with Crippen molar-refractivity contribution in [3.63, 3.8) is 0 Å². The van der Waals surface area contributed by atoms with Crippen LogP contribution in [0, 0.1) is 6.92 Å². The van der Waals surface area contributed by atoms with Gasteiger partial charge in [0.15, 0.2) is 0 Å². The highest BCUT2D eigenvalue weighted by molar-refractivity contribution is 7.98.